The van der Waals surface area contributed by atoms with Gasteiger partial charge in [-0.05, 0) is 101 Å². The maximum atomic E-state index is 6.70. The average molecular weight is 389 g/mol. The van der Waals surface area contributed by atoms with Gasteiger partial charge in [0.1, 0.15) is 0 Å². The molecule has 0 spiro atoms. The van der Waals surface area contributed by atoms with E-state index in [4.69, 9.17) is 4.74 Å². The first-order valence-corrected chi connectivity index (χ1v) is 11.9. The van der Waals surface area contributed by atoms with Gasteiger partial charge in [0, 0.05) is 0 Å². The Morgan fingerprint density at radius 1 is 0.964 bits per heavy atom. The molecule has 1 saturated carbocycles. The fraction of sp³-hybridized carbons (Fsp3) is 0.852. The van der Waals surface area contributed by atoms with Crippen LogP contribution >= 0.6 is 0 Å². The largest absolute Gasteiger partial charge is 0.369 e. The molecule has 0 amide bonds. The molecular formula is C27H48O. The lowest BCUT2D eigenvalue weighted by molar-refractivity contribution is -0.192. The Morgan fingerprint density at radius 2 is 1.57 bits per heavy atom. The number of fused-ring (bicyclic) bond motifs is 2. The van der Waals surface area contributed by atoms with Crippen molar-refractivity contribution in [2.75, 3.05) is 0 Å². The van der Waals surface area contributed by atoms with Crippen LogP contribution in [0.5, 0.6) is 0 Å². The standard InChI is InChI=1S/C23H38O.C4H10/c1-16(2)17-9-11-19-18(15-17)10-12-20-22(19,6)13-8-14-23(20,7)24-21(3,4)5;1-4(2)3/h15-16,20H,8-14H2,1-7H3;4H,1-3H3. The maximum absolute atomic E-state index is 6.70. The van der Waals surface area contributed by atoms with Crippen molar-refractivity contribution in [2.24, 2.45) is 23.2 Å². The fourth-order valence-electron chi connectivity index (χ4n) is 6.08. The third-order valence-electron chi connectivity index (χ3n) is 6.96. The van der Waals surface area contributed by atoms with E-state index in [-0.39, 0.29) is 11.2 Å². The summed E-state index contributed by atoms with van der Waals surface area (Å²) in [5.74, 6) is 2.20. The molecule has 1 fully saturated rings. The first kappa shape index (κ1) is 23.7. The van der Waals surface area contributed by atoms with E-state index in [1.807, 2.05) is 0 Å². The summed E-state index contributed by atoms with van der Waals surface area (Å²) < 4.78 is 6.70. The summed E-state index contributed by atoms with van der Waals surface area (Å²) in [6.45, 7) is 22.8. The second kappa shape index (κ2) is 8.66. The second-order valence-electron chi connectivity index (χ2n) is 12.0. The maximum Gasteiger partial charge on any atom is 0.0698 e. The minimum Gasteiger partial charge on any atom is -0.369 e. The van der Waals surface area contributed by atoms with Crippen LogP contribution < -0.4 is 0 Å². The van der Waals surface area contributed by atoms with E-state index in [9.17, 15) is 0 Å². The van der Waals surface area contributed by atoms with E-state index < -0.39 is 0 Å². The van der Waals surface area contributed by atoms with Crippen LogP contribution in [0, 0.1) is 23.2 Å². The highest BCUT2D eigenvalue weighted by molar-refractivity contribution is 5.41. The molecule has 162 valence electrons. The van der Waals surface area contributed by atoms with Gasteiger partial charge in [-0.1, -0.05) is 58.8 Å². The molecule has 0 N–H and O–H groups in total. The van der Waals surface area contributed by atoms with Gasteiger partial charge in [0.25, 0.3) is 0 Å². The average Bonchev–Trinajstić information content (AvgIpc) is 2.51. The molecule has 3 aliphatic rings. The van der Waals surface area contributed by atoms with Gasteiger partial charge in [0.2, 0.25) is 0 Å². The van der Waals surface area contributed by atoms with E-state index in [0.29, 0.717) is 17.3 Å². The van der Waals surface area contributed by atoms with E-state index >= 15 is 0 Å². The van der Waals surface area contributed by atoms with Crippen molar-refractivity contribution in [1.82, 2.24) is 0 Å². The van der Waals surface area contributed by atoms with Crippen LogP contribution in [-0.4, -0.2) is 11.2 Å². The van der Waals surface area contributed by atoms with Crippen molar-refractivity contribution in [1.29, 1.82) is 0 Å². The Balaban J connectivity index is 0.000000640. The van der Waals surface area contributed by atoms with Gasteiger partial charge < -0.3 is 4.74 Å². The first-order chi connectivity index (χ1) is 12.8. The molecule has 0 aliphatic heterocycles. The van der Waals surface area contributed by atoms with Crippen molar-refractivity contribution in [3.8, 4) is 0 Å². The van der Waals surface area contributed by atoms with Crippen LogP contribution in [-0.2, 0) is 4.74 Å². The quantitative estimate of drug-likeness (QED) is 0.460. The van der Waals surface area contributed by atoms with E-state index in [1.165, 1.54) is 44.9 Å². The summed E-state index contributed by atoms with van der Waals surface area (Å²) in [5.41, 5.74) is 5.46. The normalized spacial score (nSPS) is 33.1. The molecule has 3 atom stereocenters. The van der Waals surface area contributed by atoms with Gasteiger partial charge in [-0.2, -0.15) is 0 Å². The molecular weight excluding hydrogens is 340 g/mol. The summed E-state index contributed by atoms with van der Waals surface area (Å²) in [7, 11) is 0. The first-order valence-electron chi connectivity index (χ1n) is 11.9. The zero-order valence-corrected chi connectivity index (χ0v) is 20.7. The molecule has 0 heterocycles. The summed E-state index contributed by atoms with van der Waals surface area (Å²) >= 11 is 0. The second-order valence-corrected chi connectivity index (χ2v) is 12.0. The van der Waals surface area contributed by atoms with Gasteiger partial charge in [0.15, 0.2) is 0 Å². The molecule has 28 heavy (non-hydrogen) atoms. The highest BCUT2D eigenvalue weighted by atomic mass is 16.5. The van der Waals surface area contributed by atoms with Crippen LogP contribution in [0.15, 0.2) is 22.8 Å². The third kappa shape index (κ3) is 5.32. The predicted molar refractivity (Wildman–Crippen MR) is 124 cm³/mol. The smallest absolute Gasteiger partial charge is 0.0698 e. The van der Waals surface area contributed by atoms with Crippen molar-refractivity contribution < 1.29 is 4.74 Å². The van der Waals surface area contributed by atoms with Crippen molar-refractivity contribution in [3.63, 3.8) is 0 Å². The summed E-state index contributed by atoms with van der Waals surface area (Å²) in [5, 5.41) is 0. The van der Waals surface area contributed by atoms with Gasteiger partial charge >= 0.3 is 0 Å². The molecule has 0 saturated heterocycles. The Hall–Kier alpha value is -0.560. The van der Waals surface area contributed by atoms with E-state index in [0.717, 1.165) is 5.92 Å². The number of ether oxygens (including phenoxy) is 1. The molecule has 0 aromatic heterocycles. The lowest BCUT2D eigenvalue weighted by Crippen LogP contribution is -2.54. The molecule has 3 unspecified atom stereocenters. The minimum atomic E-state index is -0.0566. The molecule has 0 aromatic rings. The molecule has 3 rings (SSSR count). The Labute approximate surface area is 176 Å². The van der Waals surface area contributed by atoms with Gasteiger partial charge in [-0.25, -0.2) is 0 Å². The van der Waals surface area contributed by atoms with Crippen molar-refractivity contribution >= 4 is 0 Å². The predicted octanol–water partition coefficient (Wildman–Crippen LogP) is 8.50. The van der Waals surface area contributed by atoms with Crippen LogP contribution in [0.2, 0.25) is 0 Å². The topological polar surface area (TPSA) is 9.23 Å². The molecule has 1 nitrogen and oxygen atoms in total. The minimum absolute atomic E-state index is 0.0336. The van der Waals surface area contributed by atoms with Gasteiger partial charge in [0.05, 0.1) is 11.2 Å². The Morgan fingerprint density at radius 3 is 2.11 bits per heavy atom. The van der Waals surface area contributed by atoms with Crippen molar-refractivity contribution in [3.05, 3.63) is 22.8 Å². The molecule has 0 aromatic carbocycles. The van der Waals surface area contributed by atoms with Crippen LogP contribution in [0.1, 0.15) is 114 Å². The van der Waals surface area contributed by atoms with E-state index in [2.05, 4.69) is 75.3 Å². The van der Waals surface area contributed by atoms with Gasteiger partial charge in [-0.3, -0.25) is 0 Å². The number of allylic oxidation sites excluding steroid dienone is 4. The van der Waals surface area contributed by atoms with Crippen LogP contribution in [0.25, 0.3) is 0 Å². The zero-order chi connectivity index (χ0) is 21.3. The Kier molecular flexibility index (Phi) is 7.34. The van der Waals surface area contributed by atoms with Crippen LogP contribution in [0.4, 0.5) is 0 Å². The van der Waals surface area contributed by atoms with Crippen LogP contribution in [0.3, 0.4) is 0 Å². The number of hydrogen-bond acceptors (Lipinski definition) is 1. The lowest BCUT2D eigenvalue weighted by atomic mass is 9.52. The molecule has 0 bridgehead atoms. The van der Waals surface area contributed by atoms with Gasteiger partial charge in [-0.15, -0.1) is 0 Å². The Bertz CT molecular complexity index is 597. The molecule has 1 heteroatoms. The zero-order valence-electron chi connectivity index (χ0n) is 20.7. The summed E-state index contributed by atoms with van der Waals surface area (Å²) in [4.78, 5) is 0. The third-order valence-corrected chi connectivity index (χ3v) is 6.96. The summed E-state index contributed by atoms with van der Waals surface area (Å²) in [6.07, 6.45) is 11.6. The molecule has 0 radical (unpaired) electrons. The fourth-order valence-corrected chi connectivity index (χ4v) is 6.08. The molecule has 3 aliphatic carbocycles. The number of hydrogen-bond donors (Lipinski definition) is 0. The highest BCUT2D eigenvalue weighted by Gasteiger charge is 2.54. The highest BCUT2D eigenvalue weighted by Crippen LogP contribution is 2.60. The van der Waals surface area contributed by atoms with Crippen molar-refractivity contribution in [2.45, 2.75) is 125 Å². The lowest BCUT2D eigenvalue weighted by Gasteiger charge is -2.57. The van der Waals surface area contributed by atoms with E-state index in [1.54, 1.807) is 16.7 Å². The number of rotatable bonds is 2. The summed E-state index contributed by atoms with van der Waals surface area (Å²) in [6, 6.07) is 0. The monoisotopic (exact) mass is 388 g/mol. The SMILES string of the molecule is CC(C)C.CC(C)C1=CC2=C(CC1)C1(C)CCCC(C)(OC(C)(C)C)C1CC2.